The number of aliphatic hydroxyl groups is 4. The van der Waals surface area contributed by atoms with Gasteiger partial charge < -0.3 is 44.1 Å². The summed E-state index contributed by atoms with van der Waals surface area (Å²) in [6, 6.07) is 0. The molecule has 12 heteroatoms. The van der Waals surface area contributed by atoms with Gasteiger partial charge in [-0.2, -0.15) is 0 Å². The summed E-state index contributed by atoms with van der Waals surface area (Å²) >= 11 is 0. The molecule has 0 bridgehead atoms. The van der Waals surface area contributed by atoms with Crippen LogP contribution in [-0.2, 0) is 38.1 Å². The Morgan fingerprint density at radius 3 is 2.22 bits per heavy atom. The monoisotopic (exact) mass is 648 g/mol. The second-order valence-electron chi connectivity index (χ2n) is 16.1. The van der Waals surface area contributed by atoms with Gasteiger partial charge in [0.15, 0.2) is 11.9 Å². The van der Waals surface area contributed by atoms with Crippen LogP contribution < -0.4 is 0 Å². The summed E-state index contributed by atoms with van der Waals surface area (Å²) in [6.07, 6.45) is -3.75. The Morgan fingerprint density at radius 1 is 0.957 bits per heavy atom. The van der Waals surface area contributed by atoms with E-state index in [2.05, 4.69) is 0 Å². The van der Waals surface area contributed by atoms with Crippen molar-refractivity contribution in [3.05, 3.63) is 11.8 Å². The van der Waals surface area contributed by atoms with E-state index in [9.17, 15) is 34.8 Å². The van der Waals surface area contributed by atoms with Crippen molar-refractivity contribution in [1.29, 1.82) is 0 Å². The zero-order chi connectivity index (χ0) is 33.6. The molecular weight excluding hydrogens is 600 g/mol. The molecule has 46 heavy (non-hydrogen) atoms. The van der Waals surface area contributed by atoms with Crippen molar-refractivity contribution < 1.29 is 58.5 Å². The molecular formula is C34H48O12. The molecule has 0 radical (unpaired) electrons. The smallest absolute Gasteiger partial charge is 0.343 e. The van der Waals surface area contributed by atoms with E-state index in [1.807, 2.05) is 26.8 Å². The van der Waals surface area contributed by atoms with E-state index in [4.69, 9.17) is 23.7 Å². The number of carbonyl (C=O) groups excluding carboxylic acids is 3. The largest absolute Gasteiger partial charge is 0.459 e. The highest BCUT2D eigenvalue weighted by Gasteiger charge is 2.80. The lowest BCUT2D eigenvalue weighted by Gasteiger charge is -2.65. The molecule has 12 nitrogen and oxygen atoms in total. The maximum Gasteiger partial charge on any atom is 0.343 e. The highest BCUT2D eigenvalue weighted by Crippen LogP contribution is 2.75. The van der Waals surface area contributed by atoms with Gasteiger partial charge in [-0.3, -0.25) is 9.59 Å². The predicted octanol–water partition coefficient (Wildman–Crippen LogP) is 1.45. The molecule has 2 saturated heterocycles. The summed E-state index contributed by atoms with van der Waals surface area (Å²) in [4.78, 5) is 38.2. The van der Waals surface area contributed by atoms with Crippen molar-refractivity contribution in [2.24, 2.45) is 57.7 Å². The molecule has 4 N–H and O–H groups in total. The first-order chi connectivity index (χ1) is 21.3. The van der Waals surface area contributed by atoms with Crippen LogP contribution in [0.2, 0.25) is 0 Å². The topological polar surface area (TPSA) is 182 Å². The van der Waals surface area contributed by atoms with Crippen molar-refractivity contribution in [2.45, 2.75) is 123 Å². The van der Waals surface area contributed by atoms with Crippen LogP contribution in [0, 0.1) is 57.7 Å². The fourth-order valence-corrected chi connectivity index (χ4v) is 12.2. The molecule has 5 aliphatic carbocycles. The Labute approximate surface area is 268 Å². The first kappa shape index (κ1) is 32.5. The van der Waals surface area contributed by atoms with E-state index in [1.54, 1.807) is 6.92 Å². The van der Waals surface area contributed by atoms with Gasteiger partial charge in [0.2, 0.25) is 0 Å². The van der Waals surface area contributed by atoms with Gasteiger partial charge in [-0.15, -0.1) is 0 Å². The van der Waals surface area contributed by atoms with Gasteiger partial charge >= 0.3 is 17.9 Å². The first-order valence-electron chi connectivity index (χ1n) is 16.7. The van der Waals surface area contributed by atoms with Gasteiger partial charge in [0, 0.05) is 36.5 Å². The van der Waals surface area contributed by atoms with E-state index in [0.29, 0.717) is 18.6 Å². The molecule has 0 aromatic rings. The highest BCUT2D eigenvalue weighted by molar-refractivity contribution is 5.85. The van der Waals surface area contributed by atoms with E-state index in [-0.39, 0.29) is 24.0 Å². The lowest BCUT2D eigenvalue weighted by atomic mass is 9.41. The number of carbonyl (C=O) groups is 3. The summed E-state index contributed by atoms with van der Waals surface area (Å²) in [5, 5.41) is 47.5. The molecule has 2 aliphatic heterocycles. The standard InChI is InChI=1S/C34H48O12/c1-12-9-20-33(7,34(8,41)30(40)46-20)24-22(12)32(6)19(42-13(2)35)11-16-21(23(32)26(24)39)25(38)27(43-14(3)36)17-10-18-28(45-18)29(31(16,17)5)44-15(4)37/h9,12-13,16-19,21-29,35,38-39,41H,10-11H2,1-8H3/t12-,13?,16?,17?,18+,19+,21?,22?,23?,24?,25-,26-,27+,28+,29+,31-,32-,33+,34-/m1/s1. The third-order valence-electron chi connectivity index (χ3n) is 14.1. The van der Waals surface area contributed by atoms with Crippen LogP contribution in [-0.4, -0.2) is 93.0 Å². The summed E-state index contributed by atoms with van der Waals surface area (Å²) < 4.78 is 30.0. The minimum Gasteiger partial charge on any atom is -0.459 e. The molecule has 7 aliphatic rings. The number of ether oxygens (including phenoxy) is 5. The molecule has 6 fully saturated rings. The van der Waals surface area contributed by atoms with Crippen LogP contribution in [0.4, 0.5) is 0 Å². The van der Waals surface area contributed by atoms with Crippen molar-refractivity contribution in [3.8, 4) is 0 Å². The summed E-state index contributed by atoms with van der Waals surface area (Å²) in [5.74, 6) is -5.08. The maximum absolute atomic E-state index is 13.1. The zero-order valence-corrected chi connectivity index (χ0v) is 27.7. The van der Waals surface area contributed by atoms with Crippen molar-refractivity contribution in [2.75, 3.05) is 0 Å². The van der Waals surface area contributed by atoms with Crippen LogP contribution in [0.3, 0.4) is 0 Å². The molecule has 0 amide bonds. The quantitative estimate of drug-likeness (QED) is 0.149. The fraction of sp³-hybridized carbons (Fsp3) is 0.853. The van der Waals surface area contributed by atoms with Gasteiger partial charge in [-0.1, -0.05) is 20.8 Å². The van der Waals surface area contributed by atoms with Gasteiger partial charge in [0.05, 0.1) is 29.8 Å². The van der Waals surface area contributed by atoms with Crippen molar-refractivity contribution in [1.82, 2.24) is 0 Å². The van der Waals surface area contributed by atoms with Crippen LogP contribution in [0.25, 0.3) is 0 Å². The van der Waals surface area contributed by atoms with Gasteiger partial charge in [0.1, 0.15) is 24.1 Å². The van der Waals surface area contributed by atoms with Crippen LogP contribution >= 0.6 is 0 Å². The first-order valence-corrected chi connectivity index (χ1v) is 16.7. The number of aliphatic hydroxyl groups excluding tert-OH is 3. The molecule has 256 valence electrons. The number of hydrogen-bond acceptors (Lipinski definition) is 12. The minimum atomic E-state index is -1.95. The molecule has 0 aromatic carbocycles. The Balaban J connectivity index is 1.43. The number of allylic oxidation sites excluding steroid dienone is 1. The molecule has 0 aromatic heterocycles. The predicted molar refractivity (Wildman–Crippen MR) is 157 cm³/mol. The lowest BCUT2D eigenvalue weighted by molar-refractivity contribution is -0.284. The summed E-state index contributed by atoms with van der Waals surface area (Å²) in [6.45, 7) is 13.3. The number of epoxide rings is 1. The molecule has 0 spiro atoms. The van der Waals surface area contributed by atoms with Crippen LogP contribution in [0.1, 0.15) is 68.2 Å². The van der Waals surface area contributed by atoms with Gasteiger partial charge in [-0.05, 0) is 69.3 Å². The van der Waals surface area contributed by atoms with E-state index in [0.717, 1.165) is 0 Å². The normalized spacial score (nSPS) is 56.9. The third kappa shape index (κ3) is 3.85. The van der Waals surface area contributed by atoms with Gasteiger partial charge in [0.25, 0.3) is 0 Å². The Kier molecular flexibility index (Phi) is 7.04. The van der Waals surface area contributed by atoms with E-state index in [1.165, 1.54) is 27.7 Å². The average Bonchev–Trinajstić information content (AvgIpc) is 3.63. The van der Waals surface area contributed by atoms with Crippen LogP contribution in [0.15, 0.2) is 11.8 Å². The van der Waals surface area contributed by atoms with Crippen molar-refractivity contribution >= 4 is 17.9 Å². The fourth-order valence-electron chi connectivity index (χ4n) is 12.2. The molecule has 4 saturated carbocycles. The maximum atomic E-state index is 13.1. The zero-order valence-electron chi connectivity index (χ0n) is 27.7. The number of rotatable bonds is 4. The Morgan fingerprint density at radius 2 is 1.61 bits per heavy atom. The third-order valence-corrected chi connectivity index (χ3v) is 14.1. The summed E-state index contributed by atoms with van der Waals surface area (Å²) in [5.41, 5.74) is -5.02. The van der Waals surface area contributed by atoms with E-state index >= 15 is 0 Å². The van der Waals surface area contributed by atoms with Gasteiger partial charge in [-0.25, -0.2) is 4.79 Å². The number of hydrogen-bond donors (Lipinski definition) is 4. The lowest BCUT2D eigenvalue weighted by Crippen LogP contribution is -2.71. The van der Waals surface area contributed by atoms with Crippen LogP contribution in [0.5, 0.6) is 0 Å². The molecule has 19 atom stereocenters. The molecule has 7 rings (SSSR count). The minimum absolute atomic E-state index is 0.213. The Hall–Kier alpha value is -2.09. The van der Waals surface area contributed by atoms with E-state index < -0.39 is 106 Å². The molecule has 2 heterocycles. The second kappa shape index (κ2) is 9.98. The Bertz CT molecular complexity index is 1380. The average molecular weight is 649 g/mol. The second-order valence-corrected chi connectivity index (χ2v) is 16.1. The highest BCUT2D eigenvalue weighted by atomic mass is 16.6. The number of fused-ring (bicyclic) bond motifs is 10. The number of esters is 3. The summed E-state index contributed by atoms with van der Waals surface area (Å²) in [7, 11) is 0. The van der Waals surface area contributed by atoms with Crippen molar-refractivity contribution in [3.63, 3.8) is 0 Å². The molecule has 7 unspecified atom stereocenters. The SMILES string of the molecule is CC(=O)O[C@H]1C2C[C@@H]3O[C@@H]3[C@H](OC(C)=O)[C@]2(C)C2C[C@H](OC(C)O)[C@@]3(C)C(C2[C@H]1O)[C@@H](O)C1C3[C@H](C)C=C2OC(=O)[C@@](C)(O)[C@@]21C.